The van der Waals surface area contributed by atoms with Crippen LogP contribution >= 0.6 is 0 Å². The predicted octanol–water partition coefficient (Wildman–Crippen LogP) is 1.27. The van der Waals surface area contributed by atoms with E-state index in [9.17, 15) is 9.59 Å². The van der Waals surface area contributed by atoms with Crippen LogP contribution in [0.3, 0.4) is 0 Å². The molecule has 0 saturated carbocycles. The summed E-state index contributed by atoms with van der Waals surface area (Å²) in [4.78, 5) is 25.5. The summed E-state index contributed by atoms with van der Waals surface area (Å²) < 4.78 is 6.96. The number of hydrogen-bond donors (Lipinski definition) is 2. The van der Waals surface area contributed by atoms with Crippen molar-refractivity contribution in [2.75, 3.05) is 32.1 Å². The van der Waals surface area contributed by atoms with Gasteiger partial charge in [0.05, 0.1) is 25.9 Å². The molecule has 1 aliphatic rings. The van der Waals surface area contributed by atoms with Crippen molar-refractivity contribution in [3.8, 4) is 5.75 Å². The van der Waals surface area contributed by atoms with Crippen LogP contribution in [0.5, 0.6) is 5.75 Å². The SMILES string of the molecule is COc1ccc(C(=O)Nc2ccnn2C2CCN(CC(N)=O)CC2)cc1. The number of benzene rings is 1. The number of aromatic nitrogens is 2. The Morgan fingerprint density at radius 3 is 2.54 bits per heavy atom. The Bertz CT molecular complexity index is 763. The van der Waals surface area contributed by atoms with Gasteiger partial charge >= 0.3 is 0 Å². The molecule has 1 fully saturated rings. The maximum atomic E-state index is 12.5. The molecule has 2 aromatic rings. The number of primary amides is 1. The van der Waals surface area contributed by atoms with Gasteiger partial charge in [0, 0.05) is 24.7 Å². The minimum atomic E-state index is -0.310. The summed E-state index contributed by atoms with van der Waals surface area (Å²) >= 11 is 0. The standard InChI is InChI=1S/C18H23N5O3/c1-26-15-4-2-13(3-5-15)18(25)21-17-6-9-20-23(17)14-7-10-22(11-8-14)12-16(19)24/h2-6,9,14H,7-8,10-12H2,1H3,(H2,19,24)(H,21,25). The first kappa shape index (κ1) is 17.9. The van der Waals surface area contributed by atoms with Crippen molar-refractivity contribution in [2.24, 2.45) is 5.73 Å². The highest BCUT2D eigenvalue weighted by atomic mass is 16.5. The van der Waals surface area contributed by atoms with Gasteiger partial charge in [0.1, 0.15) is 11.6 Å². The van der Waals surface area contributed by atoms with Gasteiger partial charge in [-0.05, 0) is 37.1 Å². The second-order valence-electron chi connectivity index (χ2n) is 6.32. The molecule has 8 nitrogen and oxygen atoms in total. The number of ether oxygens (including phenoxy) is 1. The van der Waals surface area contributed by atoms with Crippen LogP contribution in [0.25, 0.3) is 0 Å². The number of nitrogens with zero attached hydrogens (tertiary/aromatic N) is 3. The van der Waals surface area contributed by atoms with E-state index in [-0.39, 0.29) is 24.4 Å². The summed E-state index contributed by atoms with van der Waals surface area (Å²) in [7, 11) is 1.59. The molecule has 0 unspecified atom stereocenters. The molecule has 3 N–H and O–H groups in total. The fourth-order valence-electron chi connectivity index (χ4n) is 3.18. The van der Waals surface area contributed by atoms with E-state index >= 15 is 0 Å². The summed E-state index contributed by atoms with van der Waals surface area (Å²) in [5.41, 5.74) is 5.80. The zero-order valence-electron chi connectivity index (χ0n) is 14.7. The molecule has 8 heteroatoms. The average Bonchev–Trinajstić information content (AvgIpc) is 3.10. The van der Waals surface area contributed by atoms with Gasteiger partial charge in [0.2, 0.25) is 5.91 Å². The third-order valence-electron chi connectivity index (χ3n) is 4.55. The van der Waals surface area contributed by atoms with Crippen molar-refractivity contribution in [1.29, 1.82) is 0 Å². The molecule has 0 radical (unpaired) electrons. The van der Waals surface area contributed by atoms with Crippen LogP contribution in [0.15, 0.2) is 36.5 Å². The van der Waals surface area contributed by atoms with Crippen LogP contribution in [0, 0.1) is 0 Å². The van der Waals surface area contributed by atoms with Crippen LogP contribution in [0.1, 0.15) is 29.2 Å². The molecule has 26 heavy (non-hydrogen) atoms. The van der Waals surface area contributed by atoms with E-state index in [1.807, 2.05) is 9.58 Å². The number of hydrogen-bond acceptors (Lipinski definition) is 5. The molecule has 138 valence electrons. The Balaban J connectivity index is 1.63. The number of carbonyl (C=O) groups excluding carboxylic acids is 2. The Hall–Kier alpha value is -2.87. The van der Waals surface area contributed by atoms with E-state index in [0.29, 0.717) is 17.1 Å². The highest BCUT2D eigenvalue weighted by molar-refractivity contribution is 6.03. The molecule has 0 bridgehead atoms. The Morgan fingerprint density at radius 2 is 1.92 bits per heavy atom. The maximum Gasteiger partial charge on any atom is 0.256 e. The molecule has 0 spiro atoms. The van der Waals surface area contributed by atoms with E-state index in [1.54, 1.807) is 43.6 Å². The summed E-state index contributed by atoms with van der Waals surface area (Å²) in [6.07, 6.45) is 3.38. The number of methoxy groups -OCH3 is 1. The number of nitrogens with one attached hydrogen (secondary N) is 1. The van der Waals surface area contributed by atoms with Crippen molar-refractivity contribution in [3.05, 3.63) is 42.1 Å². The topological polar surface area (TPSA) is 102 Å². The van der Waals surface area contributed by atoms with E-state index in [0.717, 1.165) is 25.9 Å². The van der Waals surface area contributed by atoms with Crippen molar-refractivity contribution in [1.82, 2.24) is 14.7 Å². The molecule has 1 aromatic heterocycles. The van der Waals surface area contributed by atoms with Gasteiger partial charge in [-0.2, -0.15) is 5.10 Å². The van der Waals surface area contributed by atoms with Crippen LogP contribution in [0.4, 0.5) is 5.82 Å². The van der Waals surface area contributed by atoms with Crippen LogP contribution < -0.4 is 15.8 Å². The zero-order valence-corrected chi connectivity index (χ0v) is 14.7. The van der Waals surface area contributed by atoms with Crippen LogP contribution in [-0.4, -0.2) is 53.2 Å². The first-order chi connectivity index (χ1) is 12.6. The van der Waals surface area contributed by atoms with Gasteiger partial charge in [-0.1, -0.05) is 0 Å². The molecular weight excluding hydrogens is 334 g/mol. The monoisotopic (exact) mass is 357 g/mol. The van der Waals surface area contributed by atoms with Gasteiger partial charge in [-0.25, -0.2) is 4.68 Å². The largest absolute Gasteiger partial charge is 0.497 e. The molecule has 3 rings (SSSR count). The molecular formula is C18H23N5O3. The fourth-order valence-corrected chi connectivity index (χ4v) is 3.18. The van der Waals surface area contributed by atoms with Crippen molar-refractivity contribution >= 4 is 17.6 Å². The molecule has 1 aromatic carbocycles. The Labute approximate surface area is 151 Å². The van der Waals surface area contributed by atoms with E-state index in [4.69, 9.17) is 10.5 Å². The van der Waals surface area contributed by atoms with Crippen LogP contribution in [-0.2, 0) is 4.79 Å². The van der Waals surface area contributed by atoms with Crippen molar-refractivity contribution in [2.45, 2.75) is 18.9 Å². The second-order valence-corrected chi connectivity index (χ2v) is 6.32. The Morgan fingerprint density at radius 1 is 1.23 bits per heavy atom. The van der Waals surface area contributed by atoms with Gasteiger partial charge < -0.3 is 15.8 Å². The average molecular weight is 357 g/mol. The highest BCUT2D eigenvalue weighted by Gasteiger charge is 2.24. The summed E-state index contributed by atoms with van der Waals surface area (Å²) in [6, 6.07) is 8.91. The number of amides is 2. The Kier molecular flexibility index (Phi) is 5.52. The maximum absolute atomic E-state index is 12.5. The summed E-state index contributed by atoms with van der Waals surface area (Å²) in [5.74, 6) is 0.865. The first-order valence-corrected chi connectivity index (χ1v) is 8.56. The van der Waals surface area contributed by atoms with Gasteiger partial charge in [0.15, 0.2) is 0 Å². The number of rotatable bonds is 6. The zero-order chi connectivity index (χ0) is 18.5. The number of likely N-dealkylation sites (tertiary alicyclic amines) is 1. The molecule has 2 amide bonds. The number of anilines is 1. The number of nitrogens with two attached hydrogens (primary N) is 1. The van der Waals surface area contributed by atoms with Crippen molar-refractivity contribution in [3.63, 3.8) is 0 Å². The lowest BCUT2D eigenvalue weighted by atomic mass is 10.1. The fraction of sp³-hybridized carbons (Fsp3) is 0.389. The molecule has 2 heterocycles. The van der Waals surface area contributed by atoms with Gasteiger partial charge in [-0.3, -0.25) is 14.5 Å². The highest BCUT2D eigenvalue weighted by Crippen LogP contribution is 2.25. The molecule has 1 aliphatic heterocycles. The lowest BCUT2D eigenvalue weighted by molar-refractivity contribution is -0.119. The van der Waals surface area contributed by atoms with Gasteiger partial charge in [0.25, 0.3) is 5.91 Å². The van der Waals surface area contributed by atoms with E-state index < -0.39 is 0 Å². The van der Waals surface area contributed by atoms with Crippen LogP contribution in [0.2, 0.25) is 0 Å². The molecule has 0 atom stereocenters. The van der Waals surface area contributed by atoms with E-state index in [2.05, 4.69) is 10.4 Å². The van der Waals surface area contributed by atoms with Crippen molar-refractivity contribution < 1.29 is 14.3 Å². The quantitative estimate of drug-likeness (QED) is 0.810. The number of carbonyl (C=O) groups is 2. The smallest absolute Gasteiger partial charge is 0.256 e. The second kappa shape index (κ2) is 8.01. The molecule has 0 aliphatic carbocycles. The lowest BCUT2D eigenvalue weighted by Gasteiger charge is -2.31. The predicted molar refractivity (Wildman–Crippen MR) is 97.1 cm³/mol. The third kappa shape index (κ3) is 4.20. The summed E-state index contributed by atoms with van der Waals surface area (Å²) in [5, 5.41) is 7.29. The number of piperidine rings is 1. The minimum Gasteiger partial charge on any atom is -0.497 e. The molecule has 1 saturated heterocycles. The third-order valence-corrected chi connectivity index (χ3v) is 4.55. The summed E-state index contributed by atoms with van der Waals surface area (Å²) in [6.45, 7) is 1.84. The normalized spacial score (nSPS) is 15.6. The van der Waals surface area contributed by atoms with E-state index in [1.165, 1.54) is 0 Å². The first-order valence-electron chi connectivity index (χ1n) is 8.56. The van der Waals surface area contributed by atoms with Gasteiger partial charge in [-0.15, -0.1) is 0 Å². The minimum absolute atomic E-state index is 0.181. The lowest BCUT2D eigenvalue weighted by Crippen LogP contribution is -2.40.